The second-order valence-electron chi connectivity index (χ2n) is 6.81. The van der Waals surface area contributed by atoms with Crippen molar-refractivity contribution in [2.75, 3.05) is 13.2 Å². The second-order valence-corrected chi connectivity index (χ2v) is 8.88. The van der Waals surface area contributed by atoms with Gasteiger partial charge in [-0.2, -0.15) is 8.78 Å². The fourth-order valence-corrected chi connectivity index (χ4v) is 5.12. The van der Waals surface area contributed by atoms with E-state index < -0.39 is 18.7 Å². The largest absolute Gasteiger partial charge is 0.404 e. The Morgan fingerprint density at radius 1 is 0.962 bits per heavy atom. The van der Waals surface area contributed by atoms with E-state index in [9.17, 15) is 4.57 Å². The molecule has 0 spiro atoms. The smallest absolute Gasteiger partial charge is 0.304 e. The zero-order valence-electron chi connectivity index (χ0n) is 15.4. The third-order valence-corrected chi connectivity index (χ3v) is 7.02. The molecule has 0 saturated heterocycles. The molecule has 3 rings (SSSR count). The highest BCUT2D eigenvalue weighted by molar-refractivity contribution is 7.54. The highest BCUT2D eigenvalue weighted by atomic mass is 31.2. The Labute approximate surface area is 152 Å². The molecule has 0 aromatic heterocycles. The number of hydrogen-bond acceptors (Lipinski definition) is 3. The highest BCUT2D eigenvalue weighted by Gasteiger charge is 2.55. The van der Waals surface area contributed by atoms with Crippen LogP contribution in [-0.4, -0.2) is 13.2 Å². The Kier molecular flexibility index (Phi) is 4.85. The van der Waals surface area contributed by atoms with Gasteiger partial charge in [-0.1, -0.05) is 50.2 Å². The number of rotatable bonds is 6. The minimum absolute atomic E-state index is 0.116. The minimum atomic E-state index is -4.62. The first kappa shape index (κ1) is 19.2. The SMILES string of the molecule is CCOP(=O)(OCC)C(F)(F)c1ccc2c(c1)C(C)(C)c1ccccc1-2. The maximum Gasteiger partial charge on any atom is 0.404 e. The van der Waals surface area contributed by atoms with Gasteiger partial charge in [-0.25, -0.2) is 0 Å². The molecule has 6 heteroatoms. The monoisotopic (exact) mass is 380 g/mol. The molecule has 2 aromatic rings. The van der Waals surface area contributed by atoms with Crippen molar-refractivity contribution in [3.63, 3.8) is 0 Å². The molecule has 0 unspecified atom stereocenters. The first-order valence-electron chi connectivity index (χ1n) is 8.71. The molecule has 0 bridgehead atoms. The average Bonchev–Trinajstić information content (AvgIpc) is 2.83. The summed E-state index contributed by atoms with van der Waals surface area (Å²) >= 11 is 0. The van der Waals surface area contributed by atoms with Crippen LogP contribution in [0.4, 0.5) is 8.78 Å². The third-order valence-electron chi connectivity index (χ3n) is 4.87. The Balaban J connectivity index is 2.13. The lowest BCUT2D eigenvalue weighted by molar-refractivity contribution is 0.0360. The van der Waals surface area contributed by atoms with Crippen LogP contribution in [0.15, 0.2) is 42.5 Å². The number of halogens is 2. The molecule has 140 valence electrons. The van der Waals surface area contributed by atoms with Crippen molar-refractivity contribution in [1.29, 1.82) is 0 Å². The highest BCUT2D eigenvalue weighted by Crippen LogP contribution is 2.67. The van der Waals surface area contributed by atoms with Gasteiger partial charge in [0, 0.05) is 11.0 Å². The van der Waals surface area contributed by atoms with Gasteiger partial charge in [0.05, 0.1) is 13.2 Å². The van der Waals surface area contributed by atoms with E-state index in [-0.39, 0.29) is 18.8 Å². The van der Waals surface area contributed by atoms with E-state index in [4.69, 9.17) is 9.05 Å². The summed E-state index contributed by atoms with van der Waals surface area (Å²) in [5.74, 6) is 0. The van der Waals surface area contributed by atoms with Crippen LogP contribution in [0, 0.1) is 0 Å². The van der Waals surface area contributed by atoms with Gasteiger partial charge in [0.1, 0.15) is 0 Å². The molecular weight excluding hydrogens is 357 g/mol. The van der Waals surface area contributed by atoms with Crippen molar-refractivity contribution in [2.45, 2.75) is 38.8 Å². The fourth-order valence-electron chi connectivity index (χ4n) is 3.59. The molecule has 0 saturated carbocycles. The summed E-state index contributed by atoms with van der Waals surface area (Å²) in [5, 5.41) is 0. The zero-order chi connectivity index (χ0) is 19.2. The number of hydrogen-bond donors (Lipinski definition) is 0. The van der Waals surface area contributed by atoms with Gasteiger partial charge < -0.3 is 9.05 Å². The quantitative estimate of drug-likeness (QED) is 0.551. The molecule has 0 atom stereocenters. The fraction of sp³-hybridized carbons (Fsp3) is 0.400. The summed E-state index contributed by atoms with van der Waals surface area (Å²) in [5.41, 5.74) is -0.642. The summed E-state index contributed by atoms with van der Waals surface area (Å²) in [6, 6.07) is 12.3. The van der Waals surface area contributed by atoms with Gasteiger partial charge in [-0.3, -0.25) is 4.57 Å². The van der Waals surface area contributed by atoms with E-state index in [1.165, 1.54) is 26.0 Å². The Morgan fingerprint density at radius 2 is 1.54 bits per heavy atom. The van der Waals surface area contributed by atoms with Gasteiger partial charge in [0.2, 0.25) is 0 Å². The van der Waals surface area contributed by atoms with Crippen LogP contribution in [0.25, 0.3) is 11.1 Å². The van der Waals surface area contributed by atoms with E-state index in [1.54, 1.807) is 6.07 Å². The summed E-state index contributed by atoms with van der Waals surface area (Å²) < 4.78 is 52.8. The van der Waals surface area contributed by atoms with Crippen molar-refractivity contribution in [3.8, 4) is 11.1 Å². The third kappa shape index (κ3) is 2.74. The number of benzene rings is 2. The van der Waals surface area contributed by atoms with Crippen molar-refractivity contribution in [1.82, 2.24) is 0 Å². The number of fused-ring (bicyclic) bond motifs is 3. The molecule has 0 heterocycles. The lowest BCUT2D eigenvalue weighted by atomic mass is 9.82. The van der Waals surface area contributed by atoms with Gasteiger partial charge >= 0.3 is 13.3 Å². The Morgan fingerprint density at radius 3 is 2.15 bits per heavy atom. The van der Waals surface area contributed by atoms with Crippen LogP contribution < -0.4 is 0 Å². The lowest BCUT2D eigenvalue weighted by Crippen LogP contribution is -2.20. The van der Waals surface area contributed by atoms with Crippen LogP contribution in [0.5, 0.6) is 0 Å². The van der Waals surface area contributed by atoms with Crippen LogP contribution >= 0.6 is 7.60 Å². The van der Waals surface area contributed by atoms with Crippen LogP contribution in [0.3, 0.4) is 0 Å². The minimum Gasteiger partial charge on any atom is -0.304 e. The first-order valence-corrected chi connectivity index (χ1v) is 10.2. The van der Waals surface area contributed by atoms with Crippen molar-refractivity contribution in [2.24, 2.45) is 0 Å². The molecule has 2 aromatic carbocycles. The number of alkyl halides is 2. The summed E-state index contributed by atoms with van der Waals surface area (Å²) in [6.45, 7) is 6.81. The first-order chi connectivity index (χ1) is 12.2. The van der Waals surface area contributed by atoms with Crippen LogP contribution in [0.2, 0.25) is 0 Å². The van der Waals surface area contributed by atoms with Gasteiger partial charge in [-0.15, -0.1) is 0 Å². The van der Waals surface area contributed by atoms with Gasteiger partial charge in [-0.05, 0) is 42.2 Å². The zero-order valence-corrected chi connectivity index (χ0v) is 16.3. The normalized spacial score (nSPS) is 15.6. The average molecular weight is 380 g/mol. The predicted molar refractivity (Wildman–Crippen MR) is 98.8 cm³/mol. The topological polar surface area (TPSA) is 35.5 Å². The molecule has 0 amide bonds. The van der Waals surface area contributed by atoms with E-state index in [1.807, 2.05) is 38.1 Å². The van der Waals surface area contributed by atoms with Crippen LogP contribution in [0.1, 0.15) is 44.4 Å². The van der Waals surface area contributed by atoms with Crippen molar-refractivity contribution in [3.05, 3.63) is 59.2 Å². The molecular formula is C20H23F2O3P. The molecule has 0 N–H and O–H groups in total. The van der Waals surface area contributed by atoms with Crippen molar-refractivity contribution < 1.29 is 22.4 Å². The Bertz CT molecular complexity index is 867. The van der Waals surface area contributed by atoms with Gasteiger partial charge in [0.25, 0.3) is 0 Å². The lowest BCUT2D eigenvalue weighted by Gasteiger charge is -2.27. The van der Waals surface area contributed by atoms with Gasteiger partial charge in [0.15, 0.2) is 0 Å². The maximum atomic E-state index is 15.1. The van der Waals surface area contributed by atoms with E-state index in [0.717, 1.165) is 22.3 Å². The van der Waals surface area contributed by atoms with E-state index in [0.29, 0.717) is 0 Å². The van der Waals surface area contributed by atoms with E-state index in [2.05, 4.69) is 0 Å². The second kappa shape index (κ2) is 6.56. The molecule has 1 aliphatic rings. The summed E-state index contributed by atoms with van der Waals surface area (Å²) in [7, 11) is -4.62. The standard InChI is InChI=1S/C20H23F2O3P/c1-5-24-26(23,25-6-2)20(21,22)14-11-12-16-15-9-7-8-10-17(15)19(3,4)18(16)13-14/h7-13H,5-6H2,1-4H3. The molecule has 0 radical (unpaired) electrons. The summed E-state index contributed by atoms with van der Waals surface area (Å²) in [6.07, 6.45) is 0. The predicted octanol–water partition coefficient (Wildman–Crippen LogP) is 6.31. The van der Waals surface area contributed by atoms with Crippen LogP contribution in [-0.2, 0) is 24.7 Å². The van der Waals surface area contributed by atoms with E-state index >= 15 is 8.78 Å². The molecule has 3 nitrogen and oxygen atoms in total. The molecule has 0 aliphatic heterocycles. The Hall–Kier alpha value is -1.55. The summed E-state index contributed by atoms with van der Waals surface area (Å²) in [4.78, 5) is 0. The molecule has 26 heavy (non-hydrogen) atoms. The molecule has 0 fully saturated rings. The maximum absolute atomic E-state index is 15.1. The van der Waals surface area contributed by atoms with Crippen molar-refractivity contribution >= 4 is 7.60 Å². The molecule has 1 aliphatic carbocycles.